The average molecular weight is 378 g/mol. The summed E-state index contributed by atoms with van der Waals surface area (Å²) < 4.78 is 14.8. The van der Waals surface area contributed by atoms with Gasteiger partial charge in [-0.1, -0.05) is 30.3 Å². The van der Waals surface area contributed by atoms with E-state index in [1.165, 1.54) is 12.3 Å². The van der Waals surface area contributed by atoms with Gasteiger partial charge in [-0.15, -0.1) is 0 Å². The van der Waals surface area contributed by atoms with Gasteiger partial charge in [-0.05, 0) is 54.7 Å². The molecular formula is C21H19FN4S. The Labute approximate surface area is 162 Å². The maximum atomic E-state index is 14.8. The quantitative estimate of drug-likeness (QED) is 0.863. The first-order valence-electron chi connectivity index (χ1n) is 8.93. The van der Waals surface area contributed by atoms with E-state index in [9.17, 15) is 4.39 Å². The molecule has 136 valence electrons. The van der Waals surface area contributed by atoms with Crippen LogP contribution in [-0.4, -0.2) is 15.9 Å². The molecule has 0 spiro atoms. The second-order valence-corrected chi connectivity index (χ2v) is 7.97. The molecule has 1 aliphatic carbocycles. The zero-order valence-corrected chi connectivity index (χ0v) is 15.5. The Morgan fingerprint density at radius 1 is 1.30 bits per heavy atom. The number of thioether (sulfide) groups is 1. The van der Waals surface area contributed by atoms with Gasteiger partial charge >= 0.3 is 0 Å². The maximum absolute atomic E-state index is 14.8. The summed E-state index contributed by atoms with van der Waals surface area (Å²) in [7, 11) is 0. The molecule has 4 rings (SSSR count). The first-order chi connectivity index (χ1) is 13.1. The van der Waals surface area contributed by atoms with E-state index >= 15 is 0 Å². The highest BCUT2D eigenvalue weighted by Crippen LogP contribution is 2.51. The minimum Gasteiger partial charge on any atom is -0.379 e. The van der Waals surface area contributed by atoms with E-state index in [1.54, 1.807) is 30.0 Å². The minimum absolute atomic E-state index is 0.223. The number of benzene rings is 1. The Morgan fingerprint density at radius 2 is 2.19 bits per heavy atom. The number of halogens is 1. The van der Waals surface area contributed by atoms with Gasteiger partial charge in [0.2, 0.25) is 0 Å². The number of hydrogen-bond donors (Lipinski definition) is 1. The zero-order chi connectivity index (χ0) is 18.9. The van der Waals surface area contributed by atoms with Gasteiger partial charge in [-0.2, -0.15) is 5.26 Å². The molecule has 0 unspecified atom stereocenters. The first kappa shape index (κ1) is 17.7. The molecule has 4 nitrogen and oxygen atoms in total. The van der Waals surface area contributed by atoms with Crippen LogP contribution < -0.4 is 5.73 Å². The number of aliphatic imine (C=N–C) groups is 1. The van der Waals surface area contributed by atoms with Crippen LogP contribution in [0.4, 0.5) is 4.39 Å². The second-order valence-electron chi connectivity index (χ2n) is 6.93. The summed E-state index contributed by atoms with van der Waals surface area (Å²) in [5, 5.41) is 9.40. The lowest BCUT2D eigenvalue weighted by atomic mass is 9.80. The van der Waals surface area contributed by atoms with Crippen molar-refractivity contribution in [3.63, 3.8) is 0 Å². The van der Waals surface area contributed by atoms with Gasteiger partial charge in [-0.3, -0.25) is 9.98 Å². The van der Waals surface area contributed by atoms with Crippen molar-refractivity contribution in [1.29, 1.82) is 5.26 Å². The minimum atomic E-state index is -0.532. The number of nitrogens with zero attached hydrogens (tertiary/aromatic N) is 3. The third-order valence-electron chi connectivity index (χ3n) is 5.35. The van der Waals surface area contributed by atoms with Crippen molar-refractivity contribution in [3.8, 4) is 6.07 Å². The molecule has 0 radical (unpaired) electrons. The summed E-state index contributed by atoms with van der Waals surface area (Å²) in [6, 6.07) is 10.7. The molecule has 1 fully saturated rings. The van der Waals surface area contributed by atoms with Gasteiger partial charge in [0.1, 0.15) is 11.9 Å². The fraction of sp³-hybridized carbons (Fsp3) is 0.286. The lowest BCUT2D eigenvalue weighted by Gasteiger charge is -2.36. The zero-order valence-electron chi connectivity index (χ0n) is 14.7. The Bertz CT molecular complexity index is 961. The molecule has 1 aromatic heterocycles. The second kappa shape index (κ2) is 7.16. The predicted molar refractivity (Wildman–Crippen MR) is 107 cm³/mol. The molecule has 2 atom stereocenters. The third-order valence-corrected chi connectivity index (χ3v) is 6.30. The van der Waals surface area contributed by atoms with Crippen LogP contribution in [0.1, 0.15) is 41.6 Å². The number of rotatable bonds is 3. The normalized spacial score (nSPS) is 24.4. The highest BCUT2D eigenvalue weighted by molar-refractivity contribution is 8.13. The molecule has 2 aliphatic rings. The molecule has 0 bridgehead atoms. The largest absolute Gasteiger partial charge is 0.379 e. The fourth-order valence-corrected chi connectivity index (χ4v) is 5.03. The monoisotopic (exact) mass is 378 g/mol. The highest BCUT2D eigenvalue weighted by atomic mass is 32.2. The van der Waals surface area contributed by atoms with Gasteiger partial charge in [0.25, 0.3) is 0 Å². The molecule has 27 heavy (non-hydrogen) atoms. The van der Waals surface area contributed by atoms with Crippen LogP contribution in [0.25, 0.3) is 12.2 Å². The van der Waals surface area contributed by atoms with E-state index in [2.05, 4.69) is 4.98 Å². The summed E-state index contributed by atoms with van der Waals surface area (Å²) in [4.78, 5) is 8.97. The Hall–Kier alpha value is -2.65. The molecule has 0 amide bonds. The van der Waals surface area contributed by atoms with Crippen molar-refractivity contribution in [2.45, 2.75) is 24.8 Å². The van der Waals surface area contributed by atoms with E-state index in [-0.39, 0.29) is 5.82 Å². The number of fused-ring (bicyclic) bond motifs is 1. The van der Waals surface area contributed by atoms with Crippen molar-refractivity contribution < 1.29 is 4.39 Å². The van der Waals surface area contributed by atoms with E-state index in [0.717, 1.165) is 36.3 Å². The predicted octanol–water partition coefficient (Wildman–Crippen LogP) is 4.32. The van der Waals surface area contributed by atoms with Crippen molar-refractivity contribution in [2.24, 2.45) is 16.6 Å². The van der Waals surface area contributed by atoms with Crippen molar-refractivity contribution in [2.75, 3.05) is 5.75 Å². The summed E-state index contributed by atoms with van der Waals surface area (Å²) >= 11 is 1.57. The number of nitriles is 1. The lowest BCUT2D eigenvalue weighted by Crippen LogP contribution is -2.37. The topological polar surface area (TPSA) is 75.1 Å². The van der Waals surface area contributed by atoms with Crippen LogP contribution in [0.3, 0.4) is 0 Å². The SMILES string of the molecule is N#Cc1ccc(C=Cc2ccc(F)c([C@]34CCC[C@H]3CSC(N)=N4)c2)nc1. The number of amidine groups is 1. The van der Waals surface area contributed by atoms with Crippen LogP contribution in [0.15, 0.2) is 41.5 Å². The standard InChI is InChI=1S/C21H19FN4S/c22-19-8-5-14(3-6-17-7-4-15(11-23)12-25-17)10-18(19)21-9-1-2-16(21)13-27-20(24)26-21/h3-8,10,12,16H,1-2,9,13H2,(H2,24,26)/t16-,21-/m0/s1. The van der Waals surface area contributed by atoms with E-state index < -0.39 is 5.54 Å². The summed E-state index contributed by atoms with van der Waals surface area (Å²) in [6.45, 7) is 0. The van der Waals surface area contributed by atoms with Gasteiger partial charge in [0.15, 0.2) is 5.17 Å². The molecule has 0 saturated heterocycles. The van der Waals surface area contributed by atoms with Crippen LogP contribution in [0.5, 0.6) is 0 Å². The van der Waals surface area contributed by atoms with E-state index in [4.69, 9.17) is 16.0 Å². The number of pyridine rings is 1. The number of hydrogen-bond acceptors (Lipinski definition) is 5. The van der Waals surface area contributed by atoms with Gasteiger partial charge < -0.3 is 5.73 Å². The van der Waals surface area contributed by atoms with E-state index in [1.807, 2.05) is 24.3 Å². The number of aromatic nitrogens is 1. The van der Waals surface area contributed by atoms with Crippen molar-refractivity contribution >= 4 is 29.1 Å². The fourth-order valence-electron chi connectivity index (χ4n) is 3.99. The molecule has 2 heterocycles. The summed E-state index contributed by atoms with van der Waals surface area (Å²) in [6.07, 6.45) is 8.23. The molecule has 2 aromatic rings. The van der Waals surface area contributed by atoms with Crippen LogP contribution in [0, 0.1) is 23.1 Å². The smallest absolute Gasteiger partial charge is 0.154 e. The molecule has 1 saturated carbocycles. The molecule has 2 N–H and O–H groups in total. The Morgan fingerprint density at radius 3 is 2.96 bits per heavy atom. The number of nitrogens with two attached hydrogens (primary N) is 1. The molecule has 6 heteroatoms. The summed E-state index contributed by atoms with van der Waals surface area (Å²) in [5.41, 5.74) is 8.27. The molecular weight excluding hydrogens is 359 g/mol. The van der Waals surface area contributed by atoms with Gasteiger partial charge in [-0.25, -0.2) is 4.39 Å². The highest BCUT2D eigenvalue weighted by Gasteiger charge is 2.47. The average Bonchev–Trinajstić information content (AvgIpc) is 3.11. The van der Waals surface area contributed by atoms with Crippen LogP contribution >= 0.6 is 11.8 Å². The molecule has 1 aliphatic heterocycles. The molecule has 1 aromatic carbocycles. The Kier molecular flexibility index (Phi) is 4.71. The van der Waals surface area contributed by atoms with E-state index in [0.29, 0.717) is 22.2 Å². The first-order valence-corrected chi connectivity index (χ1v) is 9.92. The summed E-state index contributed by atoms with van der Waals surface area (Å²) in [5.74, 6) is 0.993. The Balaban J connectivity index is 1.68. The van der Waals surface area contributed by atoms with Gasteiger partial charge in [0, 0.05) is 17.5 Å². The van der Waals surface area contributed by atoms with Crippen molar-refractivity contribution in [3.05, 3.63) is 64.7 Å². The van der Waals surface area contributed by atoms with Crippen molar-refractivity contribution in [1.82, 2.24) is 4.98 Å². The maximum Gasteiger partial charge on any atom is 0.154 e. The van der Waals surface area contributed by atoms with Crippen LogP contribution in [-0.2, 0) is 5.54 Å². The van der Waals surface area contributed by atoms with Crippen LogP contribution in [0.2, 0.25) is 0 Å². The lowest BCUT2D eigenvalue weighted by molar-refractivity contribution is 0.341. The third kappa shape index (κ3) is 3.35. The van der Waals surface area contributed by atoms with Gasteiger partial charge in [0.05, 0.1) is 16.8 Å².